The molecule has 5 saturated heterocycles. The highest BCUT2D eigenvalue weighted by atomic mass is 15.4. The van der Waals surface area contributed by atoms with Gasteiger partial charge in [-0.25, -0.2) is 0 Å². The first-order chi connectivity index (χ1) is 11.4. The fourth-order valence-electron chi connectivity index (χ4n) is 8.25. The van der Waals surface area contributed by atoms with Crippen molar-refractivity contribution in [3.63, 3.8) is 0 Å². The second-order valence-electron chi connectivity index (χ2n) is 9.72. The summed E-state index contributed by atoms with van der Waals surface area (Å²) < 4.78 is 0. The van der Waals surface area contributed by atoms with Crippen molar-refractivity contribution in [1.29, 1.82) is 0 Å². The van der Waals surface area contributed by atoms with Crippen LogP contribution in [0.25, 0.3) is 0 Å². The van der Waals surface area contributed by atoms with Gasteiger partial charge in [-0.15, -0.1) is 0 Å². The molecule has 0 amide bonds. The van der Waals surface area contributed by atoms with Gasteiger partial charge in [0.15, 0.2) is 0 Å². The summed E-state index contributed by atoms with van der Waals surface area (Å²) in [5.41, 5.74) is 0.596. The van der Waals surface area contributed by atoms with Crippen LogP contribution in [0.3, 0.4) is 0 Å². The first kappa shape index (κ1) is 14.1. The van der Waals surface area contributed by atoms with Crippen LogP contribution in [0.1, 0.15) is 64.2 Å². The van der Waals surface area contributed by atoms with Gasteiger partial charge >= 0.3 is 0 Å². The maximum atomic E-state index is 4.15. The van der Waals surface area contributed by atoms with Gasteiger partial charge < -0.3 is 0 Å². The molecule has 1 spiro atoms. The highest BCUT2D eigenvalue weighted by molar-refractivity contribution is 5.18. The zero-order chi connectivity index (χ0) is 15.0. The van der Waals surface area contributed by atoms with E-state index >= 15 is 0 Å². The molecule has 23 heavy (non-hydrogen) atoms. The second-order valence-corrected chi connectivity index (χ2v) is 9.72. The predicted molar refractivity (Wildman–Crippen MR) is 92.1 cm³/mol. The van der Waals surface area contributed by atoms with E-state index in [1.54, 1.807) is 12.8 Å². The first-order valence-electron chi connectivity index (χ1n) is 10.6. The van der Waals surface area contributed by atoms with Gasteiger partial charge in [-0.2, -0.15) is 0 Å². The summed E-state index contributed by atoms with van der Waals surface area (Å²) >= 11 is 0. The molecule has 5 aliphatic heterocycles. The van der Waals surface area contributed by atoms with Crippen molar-refractivity contribution in [3.8, 4) is 0 Å². The van der Waals surface area contributed by atoms with Gasteiger partial charge in [0.2, 0.25) is 0 Å². The van der Waals surface area contributed by atoms with Crippen LogP contribution in [0, 0.1) is 17.3 Å². The van der Waals surface area contributed by atoms with Crippen LogP contribution in [0.2, 0.25) is 0 Å². The van der Waals surface area contributed by atoms with Crippen molar-refractivity contribution < 1.29 is 0 Å². The molecule has 128 valence electrons. The van der Waals surface area contributed by atoms with Crippen LogP contribution < -0.4 is 5.32 Å². The molecule has 0 aromatic carbocycles. The SMILES string of the molecule is C1C[C@@H]2N[C@@H](C1)[C@]13C[C@H](C[C@H]4CCCN2[C@@H]41)[C@@H]1CCCCN1C3. The van der Waals surface area contributed by atoms with E-state index < -0.39 is 0 Å². The Labute approximate surface area is 141 Å². The molecule has 7 atom stereocenters. The molecule has 1 N–H and O–H groups in total. The number of nitrogens with one attached hydrogen (secondary N) is 1. The van der Waals surface area contributed by atoms with E-state index in [0.717, 1.165) is 36.1 Å². The molecule has 1 saturated carbocycles. The van der Waals surface area contributed by atoms with Gasteiger partial charge in [-0.3, -0.25) is 15.1 Å². The molecule has 3 heteroatoms. The van der Waals surface area contributed by atoms with Crippen molar-refractivity contribution in [2.45, 2.75) is 88.5 Å². The zero-order valence-electron chi connectivity index (χ0n) is 14.6. The molecule has 6 rings (SSSR count). The van der Waals surface area contributed by atoms with E-state index in [1.165, 1.54) is 71.0 Å². The monoisotopic (exact) mass is 315 g/mol. The fraction of sp³-hybridized carbons (Fsp3) is 1.00. The lowest BCUT2D eigenvalue weighted by Crippen LogP contribution is -2.80. The van der Waals surface area contributed by atoms with E-state index in [0.29, 0.717) is 5.41 Å². The summed E-state index contributed by atoms with van der Waals surface area (Å²) in [7, 11) is 0. The van der Waals surface area contributed by atoms with E-state index in [1.807, 2.05) is 0 Å². The maximum Gasteiger partial charge on any atom is 0.0602 e. The Bertz CT molecular complexity index is 493. The number of hydrogen-bond acceptors (Lipinski definition) is 3. The standard InChI is InChI=1S/C20H33N3/c1-2-9-22-13-20-12-15(16(22)6-1)11-14-5-4-10-23(19(14)20)18-8-3-7-17(20)21-18/h14-19,21H,1-13H2/t14-,15+,16+,17+,18-,19+,20-/m1/s1. The highest BCUT2D eigenvalue weighted by Gasteiger charge is 2.63. The highest BCUT2D eigenvalue weighted by Crippen LogP contribution is 2.59. The number of piperidine rings is 4. The molecular weight excluding hydrogens is 282 g/mol. The largest absolute Gasteiger partial charge is 0.299 e. The van der Waals surface area contributed by atoms with Crippen molar-refractivity contribution in [2.24, 2.45) is 17.3 Å². The van der Waals surface area contributed by atoms with Gasteiger partial charge in [0.25, 0.3) is 0 Å². The zero-order valence-corrected chi connectivity index (χ0v) is 14.6. The second kappa shape index (κ2) is 4.95. The average Bonchev–Trinajstić information content (AvgIpc) is 2.60. The Morgan fingerprint density at radius 2 is 1.87 bits per heavy atom. The van der Waals surface area contributed by atoms with Gasteiger partial charge in [0.05, 0.1) is 6.17 Å². The minimum Gasteiger partial charge on any atom is -0.299 e. The molecule has 6 aliphatic rings. The minimum absolute atomic E-state index is 0.596. The van der Waals surface area contributed by atoms with Crippen LogP contribution in [-0.4, -0.2) is 53.7 Å². The Morgan fingerprint density at radius 1 is 0.870 bits per heavy atom. The molecule has 0 unspecified atom stereocenters. The molecule has 0 aromatic rings. The van der Waals surface area contributed by atoms with Gasteiger partial charge in [-0.1, -0.05) is 6.42 Å². The number of nitrogens with zero attached hydrogens (tertiary/aromatic N) is 2. The molecular formula is C20H33N3. The third-order valence-electron chi connectivity index (χ3n) is 8.80. The van der Waals surface area contributed by atoms with Gasteiger partial charge in [0, 0.05) is 30.1 Å². The maximum absolute atomic E-state index is 4.15. The predicted octanol–water partition coefficient (Wildman–Crippen LogP) is 2.81. The van der Waals surface area contributed by atoms with Gasteiger partial charge in [0.1, 0.15) is 0 Å². The summed E-state index contributed by atoms with van der Waals surface area (Å²) in [5, 5.41) is 4.15. The van der Waals surface area contributed by atoms with E-state index in [-0.39, 0.29) is 0 Å². The summed E-state index contributed by atoms with van der Waals surface area (Å²) in [4.78, 5) is 5.95. The number of fused-ring (bicyclic) bond motifs is 6. The first-order valence-corrected chi connectivity index (χ1v) is 10.6. The number of hydrogen-bond donors (Lipinski definition) is 1. The lowest BCUT2D eigenvalue weighted by molar-refractivity contribution is -0.198. The van der Waals surface area contributed by atoms with Crippen LogP contribution in [0.5, 0.6) is 0 Å². The molecule has 1 aliphatic carbocycles. The van der Waals surface area contributed by atoms with Gasteiger partial charge in [-0.05, 0) is 82.7 Å². The molecule has 3 nitrogen and oxygen atoms in total. The average molecular weight is 316 g/mol. The summed E-state index contributed by atoms with van der Waals surface area (Å²) in [6.45, 7) is 4.20. The summed E-state index contributed by atoms with van der Waals surface area (Å²) in [6.07, 6.45) is 15.6. The Kier molecular flexibility index (Phi) is 3.04. The smallest absolute Gasteiger partial charge is 0.0602 e. The lowest BCUT2D eigenvalue weighted by Gasteiger charge is -2.70. The Hall–Kier alpha value is -0.120. The third kappa shape index (κ3) is 1.82. The van der Waals surface area contributed by atoms with E-state index in [4.69, 9.17) is 0 Å². The third-order valence-corrected chi connectivity index (χ3v) is 8.80. The van der Waals surface area contributed by atoms with Crippen LogP contribution in [0.15, 0.2) is 0 Å². The fourth-order valence-corrected chi connectivity index (χ4v) is 8.25. The quantitative estimate of drug-likeness (QED) is 0.741. The minimum atomic E-state index is 0.596. The van der Waals surface area contributed by atoms with E-state index in [9.17, 15) is 0 Å². The van der Waals surface area contributed by atoms with Crippen LogP contribution in [-0.2, 0) is 0 Å². The normalized spacial score (nSPS) is 55.8. The summed E-state index contributed by atoms with van der Waals surface area (Å²) in [5.74, 6) is 2.04. The molecule has 0 aromatic heterocycles. The molecule has 4 bridgehead atoms. The molecule has 6 fully saturated rings. The van der Waals surface area contributed by atoms with E-state index in [2.05, 4.69) is 15.1 Å². The van der Waals surface area contributed by atoms with Crippen molar-refractivity contribution in [2.75, 3.05) is 19.6 Å². The lowest BCUT2D eigenvalue weighted by atomic mass is 9.50. The molecule has 5 heterocycles. The van der Waals surface area contributed by atoms with Crippen LogP contribution >= 0.6 is 0 Å². The Morgan fingerprint density at radius 3 is 2.87 bits per heavy atom. The number of rotatable bonds is 0. The van der Waals surface area contributed by atoms with Crippen molar-refractivity contribution in [3.05, 3.63) is 0 Å². The summed E-state index contributed by atoms with van der Waals surface area (Å²) in [6, 6.07) is 2.70. The van der Waals surface area contributed by atoms with Crippen molar-refractivity contribution >= 4 is 0 Å². The topological polar surface area (TPSA) is 18.5 Å². The van der Waals surface area contributed by atoms with Crippen molar-refractivity contribution in [1.82, 2.24) is 15.1 Å². The Balaban J connectivity index is 1.44. The molecule has 0 radical (unpaired) electrons. The van der Waals surface area contributed by atoms with Crippen LogP contribution in [0.4, 0.5) is 0 Å².